The highest BCUT2D eigenvalue weighted by atomic mass is 35.5. The Bertz CT molecular complexity index is 393. The Kier molecular flexibility index (Phi) is 3.43. The number of rotatable bonds is 2. The number of halogens is 1. The molecule has 1 aromatic carbocycles. The molecule has 4 nitrogen and oxygen atoms in total. The molecule has 5 heteroatoms. The van der Waals surface area contributed by atoms with Crippen molar-refractivity contribution in [3.63, 3.8) is 0 Å². The van der Waals surface area contributed by atoms with Crippen molar-refractivity contribution >= 4 is 17.6 Å². The summed E-state index contributed by atoms with van der Waals surface area (Å²) >= 11 is 6.00. The minimum absolute atomic E-state index is 0.290. The molecule has 2 atom stereocenters. The molecule has 1 aliphatic heterocycles. The first kappa shape index (κ1) is 11.4. The van der Waals surface area contributed by atoms with Gasteiger partial charge in [-0.25, -0.2) is 4.79 Å². The van der Waals surface area contributed by atoms with Gasteiger partial charge in [-0.15, -0.1) is 0 Å². The summed E-state index contributed by atoms with van der Waals surface area (Å²) in [6.07, 6.45) is -1.63. The summed E-state index contributed by atoms with van der Waals surface area (Å²) in [6.45, 7) is 0.664. The number of aliphatic carboxylic acids is 1. The van der Waals surface area contributed by atoms with E-state index in [0.717, 1.165) is 0 Å². The molecule has 0 aliphatic carbocycles. The standard InChI is InChI=1S/C11H11ClO4/c12-8-4-2-1-3-7(8)9-10(11(13)14)16-6-5-15-9/h1-4,9-10H,5-6H2,(H,13,14). The lowest BCUT2D eigenvalue weighted by atomic mass is 10.0. The average molecular weight is 243 g/mol. The molecule has 16 heavy (non-hydrogen) atoms. The average Bonchev–Trinajstić information content (AvgIpc) is 2.29. The lowest BCUT2D eigenvalue weighted by molar-refractivity contribution is -0.181. The molecule has 0 aromatic heterocycles. The Labute approximate surface area is 97.7 Å². The van der Waals surface area contributed by atoms with Crippen molar-refractivity contribution in [1.29, 1.82) is 0 Å². The molecule has 0 bridgehead atoms. The highest BCUT2D eigenvalue weighted by molar-refractivity contribution is 6.31. The van der Waals surface area contributed by atoms with Gasteiger partial charge in [0.05, 0.1) is 13.2 Å². The normalized spacial score (nSPS) is 25.3. The van der Waals surface area contributed by atoms with E-state index >= 15 is 0 Å². The fourth-order valence-corrected chi connectivity index (χ4v) is 1.93. The van der Waals surface area contributed by atoms with Gasteiger partial charge in [0.2, 0.25) is 0 Å². The third kappa shape index (κ3) is 2.19. The summed E-state index contributed by atoms with van der Waals surface area (Å²) in [7, 11) is 0. The molecule has 86 valence electrons. The summed E-state index contributed by atoms with van der Waals surface area (Å²) in [5, 5.41) is 9.50. The monoisotopic (exact) mass is 242 g/mol. The van der Waals surface area contributed by atoms with E-state index in [-0.39, 0.29) is 6.61 Å². The SMILES string of the molecule is O=C(O)C1OCCOC1c1ccccc1Cl. The predicted octanol–water partition coefficient (Wildman–Crippen LogP) is 1.88. The summed E-state index contributed by atoms with van der Waals surface area (Å²) < 4.78 is 10.6. The molecule has 0 radical (unpaired) electrons. The van der Waals surface area contributed by atoms with E-state index in [2.05, 4.69) is 0 Å². The van der Waals surface area contributed by atoms with Crippen LogP contribution in [-0.4, -0.2) is 30.4 Å². The maximum atomic E-state index is 11.0. The first-order chi connectivity index (χ1) is 7.70. The number of carbonyl (C=O) groups is 1. The Morgan fingerprint density at radius 2 is 2.00 bits per heavy atom. The highest BCUT2D eigenvalue weighted by Gasteiger charge is 2.35. The zero-order valence-corrected chi connectivity index (χ0v) is 9.18. The second kappa shape index (κ2) is 4.82. The van der Waals surface area contributed by atoms with Crippen LogP contribution >= 0.6 is 11.6 Å². The lowest BCUT2D eigenvalue weighted by Crippen LogP contribution is -2.38. The molecule has 1 saturated heterocycles. The number of hydrogen-bond donors (Lipinski definition) is 1. The van der Waals surface area contributed by atoms with Gasteiger partial charge in [-0.2, -0.15) is 0 Å². The van der Waals surface area contributed by atoms with Crippen molar-refractivity contribution in [2.45, 2.75) is 12.2 Å². The zero-order valence-electron chi connectivity index (χ0n) is 8.43. The van der Waals surface area contributed by atoms with Crippen LogP contribution in [0.2, 0.25) is 5.02 Å². The summed E-state index contributed by atoms with van der Waals surface area (Å²) in [5.41, 5.74) is 0.649. The summed E-state index contributed by atoms with van der Waals surface area (Å²) in [6, 6.07) is 7.02. The van der Waals surface area contributed by atoms with Crippen LogP contribution < -0.4 is 0 Å². The van der Waals surface area contributed by atoms with Gasteiger partial charge in [0.1, 0.15) is 6.10 Å². The smallest absolute Gasteiger partial charge is 0.335 e. The van der Waals surface area contributed by atoms with Crippen molar-refractivity contribution in [2.75, 3.05) is 13.2 Å². The van der Waals surface area contributed by atoms with Crippen molar-refractivity contribution in [1.82, 2.24) is 0 Å². The van der Waals surface area contributed by atoms with Gasteiger partial charge in [-0.3, -0.25) is 0 Å². The van der Waals surface area contributed by atoms with Gasteiger partial charge in [0, 0.05) is 10.6 Å². The van der Waals surface area contributed by atoms with Crippen LogP contribution in [0.3, 0.4) is 0 Å². The maximum Gasteiger partial charge on any atom is 0.335 e. The Morgan fingerprint density at radius 1 is 1.31 bits per heavy atom. The van der Waals surface area contributed by atoms with Gasteiger partial charge in [0.15, 0.2) is 6.10 Å². The largest absolute Gasteiger partial charge is 0.479 e. The molecule has 0 amide bonds. The van der Waals surface area contributed by atoms with E-state index in [4.69, 9.17) is 26.2 Å². The van der Waals surface area contributed by atoms with E-state index in [1.807, 2.05) is 0 Å². The van der Waals surface area contributed by atoms with Gasteiger partial charge in [-0.05, 0) is 6.07 Å². The van der Waals surface area contributed by atoms with Gasteiger partial charge in [-0.1, -0.05) is 29.8 Å². The van der Waals surface area contributed by atoms with Crippen molar-refractivity contribution in [2.24, 2.45) is 0 Å². The van der Waals surface area contributed by atoms with Gasteiger partial charge >= 0.3 is 5.97 Å². The first-order valence-electron chi connectivity index (χ1n) is 4.90. The molecule has 1 N–H and O–H groups in total. The number of ether oxygens (including phenoxy) is 2. The number of benzene rings is 1. The molecule has 1 fully saturated rings. The zero-order chi connectivity index (χ0) is 11.5. The molecule has 2 rings (SSSR count). The molecule has 1 aromatic rings. The van der Waals surface area contributed by atoms with E-state index < -0.39 is 18.2 Å². The molecule has 1 aliphatic rings. The van der Waals surface area contributed by atoms with Crippen LogP contribution in [0, 0.1) is 0 Å². The fraction of sp³-hybridized carbons (Fsp3) is 0.364. The fourth-order valence-electron chi connectivity index (χ4n) is 1.68. The van der Waals surface area contributed by atoms with Crippen LogP contribution in [0.5, 0.6) is 0 Å². The summed E-state index contributed by atoms with van der Waals surface area (Å²) in [4.78, 5) is 11.0. The minimum atomic E-state index is -1.04. The Morgan fingerprint density at radius 3 is 2.69 bits per heavy atom. The van der Waals surface area contributed by atoms with Crippen LogP contribution in [0.4, 0.5) is 0 Å². The van der Waals surface area contributed by atoms with Gasteiger partial charge in [0.25, 0.3) is 0 Å². The molecule has 0 spiro atoms. The van der Waals surface area contributed by atoms with Crippen LogP contribution in [0.15, 0.2) is 24.3 Å². The number of hydrogen-bond acceptors (Lipinski definition) is 3. The third-order valence-electron chi connectivity index (χ3n) is 2.41. The van der Waals surface area contributed by atoms with E-state index in [1.54, 1.807) is 24.3 Å². The number of carboxylic acids is 1. The van der Waals surface area contributed by atoms with Crippen LogP contribution in [0.25, 0.3) is 0 Å². The van der Waals surface area contributed by atoms with Crippen molar-refractivity contribution in [3.05, 3.63) is 34.9 Å². The Balaban J connectivity index is 2.30. The van der Waals surface area contributed by atoms with Crippen LogP contribution in [0.1, 0.15) is 11.7 Å². The molecule has 1 heterocycles. The third-order valence-corrected chi connectivity index (χ3v) is 2.75. The molecule has 2 unspecified atom stereocenters. The summed E-state index contributed by atoms with van der Waals surface area (Å²) in [5.74, 6) is -1.04. The second-order valence-electron chi connectivity index (χ2n) is 3.44. The second-order valence-corrected chi connectivity index (χ2v) is 3.85. The number of carboxylic acid groups (broad SMARTS) is 1. The highest BCUT2D eigenvalue weighted by Crippen LogP contribution is 2.31. The van der Waals surface area contributed by atoms with Crippen LogP contribution in [-0.2, 0) is 14.3 Å². The minimum Gasteiger partial charge on any atom is -0.479 e. The maximum absolute atomic E-state index is 11.0. The molecular weight excluding hydrogens is 232 g/mol. The van der Waals surface area contributed by atoms with E-state index in [1.165, 1.54) is 0 Å². The van der Waals surface area contributed by atoms with Crippen molar-refractivity contribution < 1.29 is 19.4 Å². The topological polar surface area (TPSA) is 55.8 Å². The van der Waals surface area contributed by atoms with Gasteiger partial charge < -0.3 is 14.6 Å². The van der Waals surface area contributed by atoms with E-state index in [0.29, 0.717) is 17.2 Å². The van der Waals surface area contributed by atoms with Crippen molar-refractivity contribution in [3.8, 4) is 0 Å². The Hall–Kier alpha value is -1.10. The predicted molar refractivity (Wildman–Crippen MR) is 57.5 cm³/mol. The molecule has 0 saturated carbocycles. The van der Waals surface area contributed by atoms with E-state index in [9.17, 15) is 4.79 Å². The lowest BCUT2D eigenvalue weighted by Gasteiger charge is -2.29. The molecular formula is C11H11ClO4. The quantitative estimate of drug-likeness (QED) is 0.860. The first-order valence-corrected chi connectivity index (χ1v) is 5.28.